The number of hydrogen-bond acceptors (Lipinski definition) is 4. The number of unbranched alkanes of at least 4 members (excludes halogenated alkanes) is 42. The predicted octanol–water partition coefficient (Wildman–Crippen LogP) is 19.0. The van der Waals surface area contributed by atoms with Gasteiger partial charge in [-0.25, -0.2) is 0 Å². The first-order chi connectivity index (χ1) is 33.1. The van der Waals surface area contributed by atoms with Crippen LogP contribution in [-0.4, -0.2) is 46.1 Å². The van der Waals surface area contributed by atoms with Crippen LogP contribution >= 0.6 is 0 Å². The summed E-state index contributed by atoms with van der Waals surface area (Å²) in [5, 5.41) is 33.7. The zero-order valence-electron chi connectivity index (χ0n) is 45.3. The van der Waals surface area contributed by atoms with Crippen LogP contribution in [0.25, 0.3) is 0 Å². The van der Waals surface area contributed by atoms with Crippen molar-refractivity contribution >= 4 is 5.91 Å². The van der Waals surface area contributed by atoms with E-state index in [0.717, 1.165) is 44.9 Å². The van der Waals surface area contributed by atoms with E-state index >= 15 is 0 Å². The van der Waals surface area contributed by atoms with Crippen molar-refractivity contribution in [3.63, 3.8) is 0 Å². The van der Waals surface area contributed by atoms with E-state index in [-0.39, 0.29) is 12.5 Å². The molecule has 67 heavy (non-hydrogen) atoms. The van der Waals surface area contributed by atoms with Gasteiger partial charge in [-0.05, 0) is 77.0 Å². The van der Waals surface area contributed by atoms with Crippen molar-refractivity contribution in [3.8, 4) is 0 Å². The fraction of sp³-hybridized carbons (Fsp3) is 0.887. The van der Waals surface area contributed by atoms with E-state index in [2.05, 4.69) is 55.6 Å². The molecule has 3 unspecified atom stereocenters. The molecule has 0 saturated heterocycles. The Hall–Kier alpha value is -1.43. The molecule has 0 aliphatic heterocycles. The molecule has 0 fully saturated rings. The van der Waals surface area contributed by atoms with E-state index in [1.165, 1.54) is 257 Å². The molecule has 0 radical (unpaired) electrons. The summed E-state index contributed by atoms with van der Waals surface area (Å²) in [6.07, 6.45) is 74.7. The van der Waals surface area contributed by atoms with Gasteiger partial charge in [0.15, 0.2) is 0 Å². The Morgan fingerprint density at radius 2 is 0.612 bits per heavy atom. The molecule has 0 heterocycles. The summed E-state index contributed by atoms with van der Waals surface area (Å²) in [4.78, 5) is 12.5. The lowest BCUT2D eigenvalue weighted by Gasteiger charge is -2.26. The predicted molar refractivity (Wildman–Crippen MR) is 296 cm³/mol. The molecule has 0 aromatic carbocycles. The van der Waals surface area contributed by atoms with Gasteiger partial charge in [0.1, 0.15) is 6.10 Å². The Morgan fingerprint density at radius 1 is 0.358 bits per heavy atom. The summed E-state index contributed by atoms with van der Waals surface area (Å²) in [6.45, 7) is 4.19. The van der Waals surface area contributed by atoms with Crippen LogP contribution < -0.4 is 5.32 Å². The summed E-state index contributed by atoms with van der Waals surface area (Å²) in [6, 6.07) is -0.832. The number of hydrogen-bond donors (Lipinski definition) is 4. The Bertz CT molecular complexity index is 1040. The van der Waals surface area contributed by atoms with Gasteiger partial charge in [0, 0.05) is 6.42 Å². The number of aliphatic hydroxyl groups is 3. The average Bonchev–Trinajstić information content (AvgIpc) is 3.33. The highest BCUT2D eigenvalue weighted by molar-refractivity contribution is 5.76. The van der Waals surface area contributed by atoms with E-state index in [9.17, 15) is 20.1 Å². The maximum absolute atomic E-state index is 12.5. The Balaban J connectivity index is 3.50. The lowest BCUT2D eigenvalue weighted by molar-refractivity contribution is -0.124. The van der Waals surface area contributed by atoms with Crippen molar-refractivity contribution < 1.29 is 20.1 Å². The lowest BCUT2D eigenvalue weighted by Crippen LogP contribution is -2.50. The largest absolute Gasteiger partial charge is 0.394 e. The lowest BCUT2D eigenvalue weighted by atomic mass is 10.0. The summed E-state index contributed by atoms with van der Waals surface area (Å²) in [7, 11) is 0. The number of nitrogens with one attached hydrogen (secondary N) is 1. The van der Waals surface area contributed by atoms with Crippen LogP contribution in [0.3, 0.4) is 0 Å². The quantitative estimate of drug-likeness (QED) is 0.0361. The summed E-state index contributed by atoms with van der Waals surface area (Å²) >= 11 is 0. The third kappa shape index (κ3) is 52.2. The number of carbonyl (C=O) groups excluding carboxylic acids is 1. The fourth-order valence-corrected chi connectivity index (χ4v) is 9.53. The van der Waals surface area contributed by atoms with Gasteiger partial charge in [-0.15, -0.1) is 0 Å². The SMILES string of the molecule is CCCCCCCCCCC/C=C/CC/C=C/CCCC(O)C(O)C(CO)NC(=O)CCCCCCCCCCCCCCCCCCC/C=C\CCCCCCCCCCCCCCCC. The highest BCUT2D eigenvalue weighted by atomic mass is 16.3. The van der Waals surface area contributed by atoms with Crippen LogP contribution in [0.4, 0.5) is 0 Å². The molecule has 0 spiro atoms. The maximum atomic E-state index is 12.5. The zero-order valence-corrected chi connectivity index (χ0v) is 45.3. The second kappa shape index (κ2) is 57.2. The van der Waals surface area contributed by atoms with Gasteiger partial charge in [-0.3, -0.25) is 4.79 Å². The van der Waals surface area contributed by atoms with Gasteiger partial charge in [0.05, 0.1) is 18.8 Å². The average molecular weight is 943 g/mol. The van der Waals surface area contributed by atoms with Gasteiger partial charge in [-0.1, -0.05) is 281 Å². The normalized spacial score (nSPS) is 13.4. The van der Waals surface area contributed by atoms with Crippen LogP contribution in [0.2, 0.25) is 0 Å². The van der Waals surface area contributed by atoms with Gasteiger partial charge in [0.25, 0.3) is 0 Å². The fourth-order valence-electron chi connectivity index (χ4n) is 9.53. The molecule has 0 aliphatic carbocycles. The molecular formula is C62H119NO4. The minimum Gasteiger partial charge on any atom is -0.394 e. The topological polar surface area (TPSA) is 89.8 Å². The molecule has 0 rings (SSSR count). The molecule has 5 nitrogen and oxygen atoms in total. The second-order valence-corrected chi connectivity index (χ2v) is 20.9. The minimum atomic E-state index is -1.17. The van der Waals surface area contributed by atoms with Crippen molar-refractivity contribution in [3.05, 3.63) is 36.5 Å². The third-order valence-corrected chi connectivity index (χ3v) is 14.2. The van der Waals surface area contributed by atoms with Crippen LogP contribution in [0.1, 0.15) is 328 Å². The molecule has 0 aliphatic rings. The van der Waals surface area contributed by atoms with E-state index in [1.54, 1.807) is 0 Å². The van der Waals surface area contributed by atoms with Gasteiger partial charge in [-0.2, -0.15) is 0 Å². The number of aliphatic hydroxyl groups excluding tert-OH is 3. The maximum Gasteiger partial charge on any atom is 0.220 e. The number of rotatable bonds is 56. The number of carbonyl (C=O) groups is 1. The van der Waals surface area contributed by atoms with E-state index < -0.39 is 18.2 Å². The summed E-state index contributed by atoms with van der Waals surface area (Å²) in [5.41, 5.74) is 0. The summed E-state index contributed by atoms with van der Waals surface area (Å²) < 4.78 is 0. The molecule has 3 atom stereocenters. The zero-order chi connectivity index (χ0) is 48.6. The molecule has 0 aromatic heterocycles. The molecular weight excluding hydrogens is 823 g/mol. The van der Waals surface area contributed by atoms with Crippen molar-refractivity contribution in [1.82, 2.24) is 5.32 Å². The van der Waals surface area contributed by atoms with Crippen molar-refractivity contribution in [2.45, 2.75) is 347 Å². The Morgan fingerprint density at radius 3 is 0.910 bits per heavy atom. The van der Waals surface area contributed by atoms with Crippen LogP contribution in [0.5, 0.6) is 0 Å². The molecule has 396 valence electrons. The molecule has 0 saturated carbocycles. The molecule has 0 aromatic rings. The Kier molecular flexibility index (Phi) is 55.9. The smallest absolute Gasteiger partial charge is 0.220 e. The van der Waals surface area contributed by atoms with Crippen LogP contribution in [-0.2, 0) is 4.79 Å². The van der Waals surface area contributed by atoms with Gasteiger partial charge in [0.2, 0.25) is 5.91 Å². The van der Waals surface area contributed by atoms with Crippen LogP contribution in [0, 0.1) is 0 Å². The monoisotopic (exact) mass is 942 g/mol. The Labute approximate surface area is 419 Å². The van der Waals surface area contributed by atoms with Gasteiger partial charge >= 0.3 is 0 Å². The van der Waals surface area contributed by atoms with Crippen molar-refractivity contribution in [2.75, 3.05) is 6.61 Å². The number of allylic oxidation sites excluding steroid dienone is 6. The van der Waals surface area contributed by atoms with Gasteiger partial charge < -0.3 is 20.6 Å². The first-order valence-electron chi connectivity index (χ1n) is 30.3. The standard InChI is InChI=1S/C62H119NO4/c1-3-5-7-9-11-13-15-17-19-21-23-24-25-26-27-28-29-30-31-32-33-34-35-36-37-38-39-41-43-45-47-49-51-53-55-57-61(66)63-59(58-64)62(67)60(65)56-54-52-50-48-46-44-42-40-22-20-18-16-14-12-10-8-6-4-2/h28-29,40,42,48,50,59-60,62,64-65,67H,3-27,30-39,41,43-47,49,51-58H2,1-2H3,(H,63,66)/b29-28-,42-40+,50-48+. The number of amides is 1. The minimum absolute atomic E-state index is 0.154. The molecule has 5 heteroatoms. The molecule has 1 amide bonds. The second-order valence-electron chi connectivity index (χ2n) is 20.9. The summed E-state index contributed by atoms with van der Waals surface area (Å²) in [5.74, 6) is -0.154. The highest BCUT2D eigenvalue weighted by Crippen LogP contribution is 2.17. The van der Waals surface area contributed by atoms with E-state index in [4.69, 9.17) is 0 Å². The third-order valence-electron chi connectivity index (χ3n) is 14.2. The first kappa shape index (κ1) is 65.6. The highest BCUT2D eigenvalue weighted by Gasteiger charge is 2.26. The van der Waals surface area contributed by atoms with Crippen molar-refractivity contribution in [2.24, 2.45) is 0 Å². The molecule has 0 bridgehead atoms. The van der Waals surface area contributed by atoms with E-state index in [1.807, 2.05) is 0 Å². The first-order valence-corrected chi connectivity index (χ1v) is 30.3. The molecule has 4 N–H and O–H groups in total. The van der Waals surface area contributed by atoms with Crippen molar-refractivity contribution in [1.29, 1.82) is 0 Å². The van der Waals surface area contributed by atoms with Crippen LogP contribution in [0.15, 0.2) is 36.5 Å². The van der Waals surface area contributed by atoms with E-state index in [0.29, 0.717) is 12.8 Å².